The molecule has 5 heteroatoms. The second-order valence-electron chi connectivity index (χ2n) is 6.74. The first-order chi connectivity index (χ1) is 12.5. The summed E-state index contributed by atoms with van der Waals surface area (Å²) in [6, 6.07) is 6.66. The van der Waals surface area contributed by atoms with E-state index in [1.807, 2.05) is 19.1 Å². The fourth-order valence-corrected chi connectivity index (χ4v) is 4.56. The molecule has 0 saturated heterocycles. The van der Waals surface area contributed by atoms with Gasteiger partial charge in [0.2, 0.25) is 10.0 Å². The summed E-state index contributed by atoms with van der Waals surface area (Å²) < 4.78 is 32.8. The number of sulfonamides is 1. The van der Waals surface area contributed by atoms with Crippen LogP contribution in [0.15, 0.2) is 29.2 Å². The molecule has 4 nitrogen and oxygen atoms in total. The molecule has 0 aliphatic heterocycles. The van der Waals surface area contributed by atoms with Gasteiger partial charge in [0.1, 0.15) is 6.73 Å². The summed E-state index contributed by atoms with van der Waals surface area (Å²) in [6.45, 7) is 4.14. The zero-order valence-corrected chi connectivity index (χ0v) is 17.2. The maximum Gasteiger partial charge on any atom is 0.245 e. The van der Waals surface area contributed by atoms with Crippen molar-refractivity contribution in [1.29, 1.82) is 0 Å². The van der Waals surface area contributed by atoms with Gasteiger partial charge in [-0.25, -0.2) is 8.42 Å². The molecule has 0 radical (unpaired) electrons. The summed E-state index contributed by atoms with van der Waals surface area (Å²) >= 11 is 0. The highest BCUT2D eigenvalue weighted by atomic mass is 32.2. The van der Waals surface area contributed by atoms with Crippen LogP contribution in [-0.4, -0.2) is 32.6 Å². The average molecular weight is 380 g/mol. The van der Waals surface area contributed by atoms with Crippen LogP contribution in [-0.2, 0) is 14.8 Å². The van der Waals surface area contributed by atoms with Crippen LogP contribution in [0, 0.1) is 19.3 Å². The van der Waals surface area contributed by atoms with Crippen molar-refractivity contribution in [2.24, 2.45) is 0 Å². The van der Waals surface area contributed by atoms with Crippen LogP contribution in [0.5, 0.6) is 0 Å². The molecule has 26 heavy (non-hydrogen) atoms. The molecule has 0 amide bonds. The predicted octanol–water partition coefficient (Wildman–Crippen LogP) is 4.73. The Balaban J connectivity index is 2.87. The quantitative estimate of drug-likeness (QED) is 0.283. The molecule has 0 saturated carbocycles. The molecule has 0 aromatic heterocycles. The molecule has 1 aromatic carbocycles. The normalized spacial score (nSPS) is 12.9. The molecule has 0 heterocycles. The van der Waals surface area contributed by atoms with Gasteiger partial charge in [-0.15, -0.1) is 12.3 Å². The average Bonchev–Trinajstić information content (AvgIpc) is 2.62. The minimum Gasteiger partial charge on any atom is -0.368 e. The lowest BCUT2D eigenvalue weighted by Crippen LogP contribution is -2.41. The number of methoxy groups -OCH3 is 1. The van der Waals surface area contributed by atoms with Crippen molar-refractivity contribution < 1.29 is 13.2 Å². The third kappa shape index (κ3) is 7.11. The summed E-state index contributed by atoms with van der Waals surface area (Å²) in [6.07, 6.45) is 13.6. The topological polar surface area (TPSA) is 46.6 Å². The van der Waals surface area contributed by atoms with Crippen LogP contribution in [0.3, 0.4) is 0 Å². The summed E-state index contributed by atoms with van der Waals surface area (Å²) in [5.74, 6) is 2.64. The molecule has 0 bridgehead atoms. The third-order valence-corrected chi connectivity index (χ3v) is 6.42. The van der Waals surface area contributed by atoms with Gasteiger partial charge in [0.25, 0.3) is 0 Å². The lowest BCUT2D eigenvalue weighted by atomic mass is 10.0. The molecule has 0 aliphatic carbocycles. The third-order valence-electron chi connectivity index (χ3n) is 4.54. The van der Waals surface area contributed by atoms with E-state index in [9.17, 15) is 8.42 Å². The van der Waals surface area contributed by atoms with E-state index in [1.165, 1.54) is 37.1 Å². The van der Waals surface area contributed by atoms with Crippen LogP contribution in [0.1, 0.15) is 63.9 Å². The molecule has 0 aliphatic rings. The molecule has 146 valence electrons. The molecular formula is C21H33NO3S. The lowest BCUT2D eigenvalue weighted by Gasteiger charge is -2.29. The fraction of sp³-hybridized carbons (Fsp3) is 0.619. The van der Waals surface area contributed by atoms with Gasteiger partial charge in [0.15, 0.2) is 0 Å². The van der Waals surface area contributed by atoms with E-state index in [4.69, 9.17) is 11.2 Å². The lowest BCUT2D eigenvalue weighted by molar-refractivity contribution is 0.0910. The minimum atomic E-state index is -3.64. The van der Waals surface area contributed by atoms with E-state index in [1.54, 1.807) is 12.1 Å². The van der Waals surface area contributed by atoms with E-state index in [2.05, 4.69) is 12.8 Å². The summed E-state index contributed by atoms with van der Waals surface area (Å²) in [5.41, 5.74) is 1.02. The molecule has 1 aromatic rings. The van der Waals surface area contributed by atoms with Crippen molar-refractivity contribution in [1.82, 2.24) is 4.31 Å². The van der Waals surface area contributed by atoms with Crippen LogP contribution >= 0.6 is 0 Å². The van der Waals surface area contributed by atoms with Crippen molar-refractivity contribution in [2.45, 2.75) is 76.2 Å². The second kappa shape index (κ2) is 12.1. The molecule has 1 atom stereocenters. The fourth-order valence-electron chi connectivity index (χ4n) is 2.99. The van der Waals surface area contributed by atoms with Gasteiger partial charge in [0.05, 0.1) is 4.90 Å². The molecule has 1 rings (SSSR count). The number of nitrogens with zero attached hydrogens (tertiary/aromatic N) is 1. The Morgan fingerprint density at radius 1 is 1.12 bits per heavy atom. The van der Waals surface area contributed by atoms with Crippen molar-refractivity contribution in [3.63, 3.8) is 0 Å². The van der Waals surface area contributed by atoms with E-state index in [-0.39, 0.29) is 17.7 Å². The maximum absolute atomic E-state index is 13.1. The predicted molar refractivity (Wildman–Crippen MR) is 107 cm³/mol. The number of hydrogen-bond acceptors (Lipinski definition) is 3. The van der Waals surface area contributed by atoms with Crippen LogP contribution in [0.25, 0.3) is 0 Å². The molecule has 0 N–H and O–H groups in total. The first kappa shape index (κ1) is 22.7. The number of aryl methyl sites for hydroxylation is 1. The first-order valence-electron chi connectivity index (χ1n) is 9.48. The zero-order chi connectivity index (χ0) is 19.4. The highest BCUT2D eigenvalue weighted by Gasteiger charge is 2.30. The smallest absolute Gasteiger partial charge is 0.245 e. The Hall–Kier alpha value is -1.35. The maximum atomic E-state index is 13.1. The van der Waals surface area contributed by atoms with Crippen molar-refractivity contribution in [3.8, 4) is 12.3 Å². The van der Waals surface area contributed by atoms with Crippen molar-refractivity contribution in [3.05, 3.63) is 29.8 Å². The van der Waals surface area contributed by atoms with Gasteiger partial charge in [-0.3, -0.25) is 0 Å². The molecule has 0 spiro atoms. The summed E-state index contributed by atoms with van der Waals surface area (Å²) in [5, 5.41) is 0. The monoisotopic (exact) mass is 379 g/mol. The Labute approximate surface area is 160 Å². The highest BCUT2D eigenvalue weighted by Crippen LogP contribution is 2.23. The number of ether oxygens (including phenoxy) is 1. The second-order valence-corrected chi connectivity index (χ2v) is 8.63. The number of terminal acetylenes is 1. The van der Waals surface area contributed by atoms with Crippen molar-refractivity contribution >= 4 is 10.0 Å². The Bertz CT molecular complexity index is 647. The van der Waals surface area contributed by atoms with Crippen LogP contribution in [0.2, 0.25) is 0 Å². The summed E-state index contributed by atoms with van der Waals surface area (Å²) in [7, 11) is -2.13. The Kier molecular flexibility index (Phi) is 10.6. The number of rotatable bonds is 13. The largest absolute Gasteiger partial charge is 0.368 e. The van der Waals surface area contributed by atoms with Crippen LogP contribution in [0.4, 0.5) is 0 Å². The zero-order valence-electron chi connectivity index (χ0n) is 16.4. The number of hydrogen-bond donors (Lipinski definition) is 0. The van der Waals surface area contributed by atoms with Gasteiger partial charge in [-0.1, -0.05) is 63.1 Å². The van der Waals surface area contributed by atoms with E-state index in [0.717, 1.165) is 24.8 Å². The van der Waals surface area contributed by atoms with Gasteiger partial charge >= 0.3 is 0 Å². The SMILES string of the molecule is C#CCC(CCCCCCCC)N(COC)S(=O)(=O)c1ccc(C)cc1. The highest BCUT2D eigenvalue weighted by molar-refractivity contribution is 7.89. The molecule has 0 fully saturated rings. The van der Waals surface area contributed by atoms with Gasteiger partial charge in [-0.05, 0) is 25.5 Å². The van der Waals surface area contributed by atoms with Crippen molar-refractivity contribution in [2.75, 3.05) is 13.8 Å². The van der Waals surface area contributed by atoms with E-state index in [0.29, 0.717) is 6.42 Å². The molecular weight excluding hydrogens is 346 g/mol. The Morgan fingerprint density at radius 3 is 2.31 bits per heavy atom. The van der Waals surface area contributed by atoms with Gasteiger partial charge in [0, 0.05) is 19.6 Å². The van der Waals surface area contributed by atoms with Crippen LogP contribution < -0.4 is 0 Å². The first-order valence-corrected chi connectivity index (χ1v) is 10.9. The Morgan fingerprint density at radius 2 is 1.73 bits per heavy atom. The van der Waals surface area contributed by atoms with E-state index < -0.39 is 10.0 Å². The number of unbranched alkanes of at least 4 members (excludes halogenated alkanes) is 5. The minimum absolute atomic E-state index is 0.0123. The number of benzene rings is 1. The van der Waals surface area contributed by atoms with Gasteiger partial charge < -0.3 is 4.74 Å². The molecule has 1 unspecified atom stereocenters. The summed E-state index contributed by atoms with van der Waals surface area (Å²) in [4.78, 5) is 0.283. The standard InChI is InChI=1S/C21H33NO3S/c1-5-7-8-9-10-11-13-20(12-6-2)22(18-25-4)26(23,24)21-16-14-19(3)15-17-21/h2,14-17,20H,5,7-13,18H2,1,3-4H3. The van der Waals surface area contributed by atoms with Gasteiger partial charge in [-0.2, -0.15) is 4.31 Å². The van der Waals surface area contributed by atoms with E-state index >= 15 is 0 Å².